The molecule has 202 valence electrons. The first kappa shape index (κ1) is 29.4. The molecule has 0 heterocycles. The second-order valence-corrected chi connectivity index (χ2v) is 12.1. The Bertz CT molecular complexity index is 1330. The molecule has 0 saturated carbocycles. The Morgan fingerprint density at radius 1 is 0.895 bits per heavy atom. The summed E-state index contributed by atoms with van der Waals surface area (Å²) in [5.41, 5.74) is 2.25. The lowest BCUT2D eigenvalue weighted by Crippen LogP contribution is -2.51. The van der Waals surface area contributed by atoms with Gasteiger partial charge in [-0.3, -0.25) is 13.9 Å². The number of hydrogen-bond acceptors (Lipinski definition) is 4. The van der Waals surface area contributed by atoms with Gasteiger partial charge in [0.1, 0.15) is 12.6 Å². The van der Waals surface area contributed by atoms with E-state index >= 15 is 0 Å². The van der Waals surface area contributed by atoms with Crippen molar-refractivity contribution in [3.05, 3.63) is 94.5 Å². The zero-order valence-corrected chi connectivity index (χ0v) is 24.5. The summed E-state index contributed by atoms with van der Waals surface area (Å²) in [7, 11) is -4.07. The number of nitrogens with one attached hydrogen (secondary N) is 1. The lowest BCUT2D eigenvalue weighted by atomic mass is 10.0. The molecule has 3 rings (SSSR count). The van der Waals surface area contributed by atoms with Gasteiger partial charge in [-0.25, -0.2) is 8.42 Å². The maximum absolute atomic E-state index is 13.8. The highest BCUT2D eigenvalue weighted by Crippen LogP contribution is 2.26. The summed E-state index contributed by atoms with van der Waals surface area (Å²) < 4.78 is 29.6. The van der Waals surface area contributed by atoms with Crippen LogP contribution in [0.15, 0.2) is 88.2 Å². The molecule has 0 bridgehead atoms. The van der Waals surface area contributed by atoms with Crippen LogP contribution >= 0.6 is 15.9 Å². The summed E-state index contributed by atoms with van der Waals surface area (Å²) in [5, 5.41) is 2.76. The zero-order valence-electron chi connectivity index (χ0n) is 22.1. The van der Waals surface area contributed by atoms with Crippen molar-refractivity contribution < 1.29 is 18.0 Å². The van der Waals surface area contributed by atoms with Crippen molar-refractivity contribution in [3.8, 4) is 0 Å². The molecule has 0 saturated heterocycles. The fourth-order valence-electron chi connectivity index (χ4n) is 3.96. The van der Waals surface area contributed by atoms with E-state index in [0.717, 1.165) is 19.9 Å². The van der Waals surface area contributed by atoms with Crippen LogP contribution in [0, 0.1) is 0 Å². The van der Waals surface area contributed by atoms with Crippen LogP contribution in [0.4, 0.5) is 5.69 Å². The van der Waals surface area contributed by atoms with Gasteiger partial charge in [0, 0.05) is 17.6 Å². The van der Waals surface area contributed by atoms with E-state index in [1.165, 1.54) is 17.0 Å². The van der Waals surface area contributed by atoms with Crippen LogP contribution in [0.2, 0.25) is 0 Å². The highest BCUT2D eigenvalue weighted by molar-refractivity contribution is 9.10. The van der Waals surface area contributed by atoms with E-state index in [-0.39, 0.29) is 23.3 Å². The number of anilines is 1. The Hall–Kier alpha value is -3.17. The zero-order chi connectivity index (χ0) is 27.9. The number of hydrogen-bond donors (Lipinski definition) is 1. The molecule has 1 atom stereocenters. The molecule has 3 aromatic carbocycles. The molecule has 0 aromatic heterocycles. The van der Waals surface area contributed by atoms with Crippen LogP contribution in [0.1, 0.15) is 44.7 Å². The van der Waals surface area contributed by atoms with Crippen molar-refractivity contribution in [2.24, 2.45) is 0 Å². The van der Waals surface area contributed by atoms with Gasteiger partial charge in [-0.05, 0) is 67.3 Å². The summed E-state index contributed by atoms with van der Waals surface area (Å²) >= 11 is 3.41. The second kappa shape index (κ2) is 13.1. The molecule has 0 aliphatic heterocycles. The quantitative estimate of drug-likeness (QED) is 0.323. The smallest absolute Gasteiger partial charge is 0.264 e. The minimum absolute atomic E-state index is 0.0805. The molecule has 1 N–H and O–H groups in total. The average molecular weight is 601 g/mol. The highest BCUT2D eigenvalue weighted by atomic mass is 79.9. The van der Waals surface area contributed by atoms with E-state index in [4.69, 9.17) is 0 Å². The first-order chi connectivity index (χ1) is 18.0. The van der Waals surface area contributed by atoms with E-state index in [0.29, 0.717) is 12.2 Å². The minimum atomic E-state index is -4.07. The fraction of sp³-hybridized carbons (Fsp3) is 0.310. The van der Waals surface area contributed by atoms with Gasteiger partial charge in [0.25, 0.3) is 10.0 Å². The molecular weight excluding hydrogens is 566 g/mol. The molecule has 9 heteroatoms. The first-order valence-corrected chi connectivity index (χ1v) is 14.8. The number of amides is 2. The highest BCUT2D eigenvalue weighted by Gasteiger charge is 2.32. The van der Waals surface area contributed by atoms with Gasteiger partial charge in [0.15, 0.2) is 0 Å². The van der Waals surface area contributed by atoms with Crippen molar-refractivity contribution in [2.45, 2.75) is 51.1 Å². The van der Waals surface area contributed by atoms with E-state index in [9.17, 15) is 18.0 Å². The standard InChI is InChI=1S/C29H34BrN3O4S/c1-5-31-29(35)22(4)32(19-23-11-15-25(30)16-12-23)28(34)20-33(26-17-13-24(14-18-26)21(2)3)38(36,37)27-9-7-6-8-10-27/h6-18,21-22H,5,19-20H2,1-4H3,(H,31,35)/t22-/m0/s1. The number of likely N-dealkylation sites (N-methyl/N-ethyl adjacent to an activating group) is 1. The van der Waals surface area contributed by atoms with Crippen LogP contribution in [0.3, 0.4) is 0 Å². The molecule has 0 aliphatic carbocycles. The summed E-state index contributed by atoms with van der Waals surface area (Å²) in [4.78, 5) is 28.1. The van der Waals surface area contributed by atoms with Crippen molar-refractivity contribution >= 4 is 43.5 Å². The first-order valence-electron chi connectivity index (χ1n) is 12.5. The number of halogens is 1. The Kier molecular flexibility index (Phi) is 10.1. The molecule has 0 unspecified atom stereocenters. The van der Waals surface area contributed by atoms with Crippen LogP contribution in [-0.2, 0) is 26.2 Å². The lowest BCUT2D eigenvalue weighted by molar-refractivity contribution is -0.139. The van der Waals surface area contributed by atoms with Gasteiger partial charge in [-0.15, -0.1) is 0 Å². The molecule has 0 fully saturated rings. The Morgan fingerprint density at radius 3 is 2.05 bits per heavy atom. The number of carbonyl (C=O) groups is 2. The molecule has 0 radical (unpaired) electrons. The summed E-state index contributed by atoms with van der Waals surface area (Å²) in [6, 6.07) is 21.8. The van der Waals surface area contributed by atoms with Gasteiger partial charge in [-0.2, -0.15) is 0 Å². The predicted molar refractivity (Wildman–Crippen MR) is 154 cm³/mol. The molecule has 0 aliphatic rings. The number of nitrogens with zero attached hydrogens (tertiary/aromatic N) is 2. The average Bonchev–Trinajstić information content (AvgIpc) is 2.91. The number of sulfonamides is 1. The summed E-state index contributed by atoms with van der Waals surface area (Å²) in [5.74, 6) is -0.528. The normalized spacial score (nSPS) is 12.2. The van der Waals surface area contributed by atoms with Crippen LogP contribution in [0.5, 0.6) is 0 Å². The van der Waals surface area contributed by atoms with Crippen molar-refractivity contribution in [3.63, 3.8) is 0 Å². The molecular formula is C29H34BrN3O4S. The fourth-order valence-corrected chi connectivity index (χ4v) is 5.66. The molecule has 0 spiro atoms. The number of benzene rings is 3. The molecule has 3 aromatic rings. The second-order valence-electron chi connectivity index (χ2n) is 9.29. The van der Waals surface area contributed by atoms with Gasteiger partial charge in [-0.1, -0.05) is 72.2 Å². The number of rotatable bonds is 11. The van der Waals surface area contributed by atoms with Gasteiger partial charge in [0.05, 0.1) is 10.6 Å². The minimum Gasteiger partial charge on any atom is -0.355 e. The van der Waals surface area contributed by atoms with Gasteiger partial charge >= 0.3 is 0 Å². The van der Waals surface area contributed by atoms with Gasteiger partial charge in [0.2, 0.25) is 11.8 Å². The van der Waals surface area contributed by atoms with Crippen LogP contribution in [0.25, 0.3) is 0 Å². The SMILES string of the molecule is CCNC(=O)[C@H](C)N(Cc1ccc(Br)cc1)C(=O)CN(c1ccc(C(C)C)cc1)S(=O)(=O)c1ccccc1. The largest absolute Gasteiger partial charge is 0.355 e. The third-order valence-electron chi connectivity index (χ3n) is 6.24. The van der Waals surface area contributed by atoms with Crippen molar-refractivity contribution in [2.75, 3.05) is 17.4 Å². The molecule has 7 nitrogen and oxygen atoms in total. The van der Waals surface area contributed by atoms with Crippen molar-refractivity contribution in [1.82, 2.24) is 10.2 Å². The Balaban J connectivity index is 2.02. The topological polar surface area (TPSA) is 86.8 Å². The van der Waals surface area contributed by atoms with Crippen molar-refractivity contribution in [1.29, 1.82) is 0 Å². The molecule has 2 amide bonds. The molecule has 38 heavy (non-hydrogen) atoms. The maximum Gasteiger partial charge on any atom is 0.264 e. The monoisotopic (exact) mass is 599 g/mol. The third-order valence-corrected chi connectivity index (χ3v) is 8.56. The third kappa shape index (κ3) is 7.23. The van der Waals surface area contributed by atoms with E-state index in [1.54, 1.807) is 44.2 Å². The van der Waals surface area contributed by atoms with Gasteiger partial charge < -0.3 is 10.2 Å². The van der Waals surface area contributed by atoms with E-state index < -0.39 is 28.5 Å². The Morgan fingerprint density at radius 2 is 1.50 bits per heavy atom. The lowest BCUT2D eigenvalue weighted by Gasteiger charge is -2.32. The summed E-state index contributed by atoms with van der Waals surface area (Å²) in [6.45, 7) is 7.67. The van der Waals surface area contributed by atoms with E-state index in [1.807, 2.05) is 36.4 Å². The summed E-state index contributed by atoms with van der Waals surface area (Å²) in [6.07, 6.45) is 0. The van der Waals surface area contributed by atoms with Crippen LogP contribution < -0.4 is 9.62 Å². The Labute approximate surface area is 234 Å². The van der Waals surface area contributed by atoms with Crippen LogP contribution in [-0.4, -0.2) is 44.3 Å². The number of carbonyl (C=O) groups excluding carboxylic acids is 2. The predicted octanol–water partition coefficient (Wildman–Crippen LogP) is 5.32. The maximum atomic E-state index is 13.8. The van der Waals surface area contributed by atoms with E-state index in [2.05, 4.69) is 35.1 Å².